The standard InChI is InChI=1S/C19H22N2O5S/c1-13-4-9-17-16(12-13)21(27(3,23)24)11-10-18(26-17)19(22)20-14-5-7-15(25-2)8-6-14/h4-9,12,18H,10-11H2,1-3H3,(H,20,22)/t18-/m1/s1. The maximum absolute atomic E-state index is 12.7. The smallest absolute Gasteiger partial charge is 0.265 e. The van der Waals surface area contributed by atoms with Crippen LogP contribution in [0.4, 0.5) is 11.4 Å². The number of carbonyl (C=O) groups excluding carboxylic acids is 1. The molecule has 0 saturated heterocycles. The molecule has 1 atom stereocenters. The molecule has 2 aromatic rings. The van der Waals surface area contributed by atoms with Gasteiger partial charge < -0.3 is 14.8 Å². The van der Waals surface area contributed by atoms with Crippen LogP contribution in [0.2, 0.25) is 0 Å². The molecule has 3 rings (SSSR count). The second-order valence-electron chi connectivity index (χ2n) is 6.42. The zero-order valence-electron chi connectivity index (χ0n) is 15.4. The van der Waals surface area contributed by atoms with Crippen LogP contribution < -0.4 is 19.1 Å². The van der Waals surface area contributed by atoms with E-state index in [0.29, 0.717) is 22.9 Å². The SMILES string of the molecule is COc1ccc(NC(=O)[C@H]2CCN(S(C)(=O)=O)c3cc(C)ccc3O2)cc1. The Morgan fingerprint density at radius 2 is 1.93 bits per heavy atom. The minimum Gasteiger partial charge on any atom is -0.497 e. The van der Waals surface area contributed by atoms with Crippen LogP contribution in [0, 0.1) is 6.92 Å². The number of hydrogen-bond donors (Lipinski definition) is 1. The summed E-state index contributed by atoms with van der Waals surface area (Å²) in [6.45, 7) is 2.04. The molecule has 0 unspecified atom stereocenters. The Kier molecular flexibility index (Phi) is 5.27. The summed E-state index contributed by atoms with van der Waals surface area (Å²) in [5.74, 6) is 0.729. The van der Waals surface area contributed by atoms with E-state index >= 15 is 0 Å². The van der Waals surface area contributed by atoms with E-state index in [2.05, 4.69) is 5.32 Å². The van der Waals surface area contributed by atoms with E-state index in [1.807, 2.05) is 13.0 Å². The van der Waals surface area contributed by atoms with E-state index < -0.39 is 16.1 Å². The number of amides is 1. The first-order valence-electron chi connectivity index (χ1n) is 8.48. The van der Waals surface area contributed by atoms with E-state index in [1.54, 1.807) is 43.5 Å². The van der Waals surface area contributed by atoms with E-state index in [-0.39, 0.29) is 18.9 Å². The predicted octanol–water partition coefficient (Wildman–Crippen LogP) is 2.56. The van der Waals surface area contributed by atoms with Crippen LogP contribution in [0.3, 0.4) is 0 Å². The largest absolute Gasteiger partial charge is 0.497 e. The van der Waals surface area contributed by atoms with E-state index in [9.17, 15) is 13.2 Å². The zero-order chi connectivity index (χ0) is 19.6. The van der Waals surface area contributed by atoms with Crippen LogP contribution in [0.25, 0.3) is 0 Å². The van der Waals surface area contributed by atoms with Crippen molar-refractivity contribution in [2.45, 2.75) is 19.4 Å². The number of benzene rings is 2. The Morgan fingerprint density at radius 3 is 2.56 bits per heavy atom. The van der Waals surface area contributed by atoms with Crippen LogP contribution in [0.15, 0.2) is 42.5 Å². The molecule has 0 aliphatic carbocycles. The van der Waals surface area contributed by atoms with Crippen LogP contribution in [0.5, 0.6) is 11.5 Å². The number of nitrogens with one attached hydrogen (secondary N) is 1. The van der Waals surface area contributed by atoms with Gasteiger partial charge in [0, 0.05) is 18.7 Å². The highest BCUT2D eigenvalue weighted by Gasteiger charge is 2.31. The number of carbonyl (C=O) groups is 1. The predicted molar refractivity (Wildman–Crippen MR) is 104 cm³/mol. The van der Waals surface area contributed by atoms with Crippen molar-refractivity contribution in [3.8, 4) is 11.5 Å². The number of methoxy groups -OCH3 is 1. The lowest BCUT2D eigenvalue weighted by atomic mass is 10.2. The maximum Gasteiger partial charge on any atom is 0.265 e. The number of sulfonamides is 1. The molecular weight excluding hydrogens is 368 g/mol. The van der Waals surface area contributed by atoms with Crippen molar-refractivity contribution < 1.29 is 22.7 Å². The molecule has 1 N–H and O–H groups in total. The number of hydrogen-bond acceptors (Lipinski definition) is 5. The molecule has 1 heterocycles. The van der Waals surface area contributed by atoms with E-state index in [0.717, 1.165) is 11.8 Å². The Balaban J connectivity index is 1.83. The number of aryl methyl sites for hydroxylation is 1. The Morgan fingerprint density at radius 1 is 1.22 bits per heavy atom. The van der Waals surface area contributed by atoms with Gasteiger partial charge in [0.15, 0.2) is 6.10 Å². The number of nitrogens with zero attached hydrogens (tertiary/aromatic N) is 1. The van der Waals surface area contributed by atoms with Crippen LogP contribution in [0.1, 0.15) is 12.0 Å². The summed E-state index contributed by atoms with van der Waals surface area (Å²) in [5, 5.41) is 2.80. The van der Waals surface area contributed by atoms with Gasteiger partial charge in [-0.3, -0.25) is 9.10 Å². The zero-order valence-corrected chi connectivity index (χ0v) is 16.2. The van der Waals surface area contributed by atoms with E-state index in [4.69, 9.17) is 9.47 Å². The van der Waals surface area contributed by atoms with Crippen molar-refractivity contribution in [3.05, 3.63) is 48.0 Å². The monoisotopic (exact) mass is 390 g/mol. The topological polar surface area (TPSA) is 84.9 Å². The van der Waals surface area contributed by atoms with Gasteiger partial charge in [-0.1, -0.05) is 6.07 Å². The molecule has 0 fully saturated rings. The molecule has 1 amide bonds. The molecular formula is C19H22N2O5S. The van der Waals surface area contributed by atoms with Crippen molar-refractivity contribution in [2.75, 3.05) is 29.5 Å². The van der Waals surface area contributed by atoms with Gasteiger partial charge in [-0.2, -0.15) is 0 Å². The molecule has 0 radical (unpaired) electrons. The summed E-state index contributed by atoms with van der Waals surface area (Å²) < 4.78 is 36.7. The van der Waals surface area contributed by atoms with Crippen molar-refractivity contribution in [1.29, 1.82) is 0 Å². The minimum atomic E-state index is -3.49. The summed E-state index contributed by atoms with van der Waals surface area (Å²) in [4.78, 5) is 12.7. The fourth-order valence-corrected chi connectivity index (χ4v) is 3.85. The quantitative estimate of drug-likeness (QED) is 0.867. The highest BCUT2D eigenvalue weighted by molar-refractivity contribution is 7.92. The Hall–Kier alpha value is -2.74. The first-order valence-corrected chi connectivity index (χ1v) is 10.3. The molecule has 7 nitrogen and oxygen atoms in total. The van der Waals surface area contributed by atoms with Gasteiger partial charge in [0.1, 0.15) is 11.5 Å². The highest BCUT2D eigenvalue weighted by Crippen LogP contribution is 2.35. The number of anilines is 2. The first kappa shape index (κ1) is 19.0. The molecule has 1 aliphatic rings. The molecule has 0 saturated carbocycles. The summed E-state index contributed by atoms with van der Waals surface area (Å²) in [6, 6.07) is 12.2. The van der Waals surface area contributed by atoms with Gasteiger partial charge >= 0.3 is 0 Å². The fourth-order valence-electron chi connectivity index (χ4n) is 2.92. The van der Waals surface area contributed by atoms with Crippen molar-refractivity contribution in [2.24, 2.45) is 0 Å². The third kappa shape index (κ3) is 4.33. The normalized spacial score (nSPS) is 16.7. The lowest BCUT2D eigenvalue weighted by Gasteiger charge is -2.21. The third-order valence-electron chi connectivity index (χ3n) is 4.30. The first-order chi connectivity index (χ1) is 12.8. The second kappa shape index (κ2) is 7.48. The maximum atomic E-state index is 12.7. The molecule has 144 valence electrons. The van der Waals surface area contributed by atoms with Gasteiger partial charge in [-0.25, -0.2) is 8.42 Å². The summed E-state index contributed by atoms with van der Waals surface area (Å²) in [7, 11) is -1.92. The summed E-state index contributed by atoms with van der Waals surface area (Å²) in [5.41, 5.74) is 1.97. The van der Waals surface area contributed by atoms with Crippen molar-refractivity contribution in [3.63, 3.8) is 0 Å². The molecule has 0 aromatic heterocycles. The van der Waals surface area contributed by atoms with Gasteiger partial charge in [-0.05, 0) is 48.9 Å². The van der Waals surface area contributed by atoms with Gasteiger partial charge in [0.25, 0.3) is 5.91 Å². The van der Waals surface area contributed by atoms with Crippen LogP contribution in [-0.2, 0) is 14.8 Å². The Labute approximate surface area is 158 Å². The number of rotatable bonds is 4. The van der Waals surface area contributed by atoms with Crippen LogP contribution >= 0.6 is 0 Å². The lowest BCUT2D eigenvalue weighted by Crippen LogP contribution is -2.35. The summed E-state index contributed by atoms with van der Waals surface area (Å²) in [6.07, 6.45) is 0.583. The van der Waals surface area contributed by atoms with E-state index in [1.165, 1.54) is 4.31 Å². The van der Waals surface area contributed by atoms with Gasteiger partial charge in [0.05, 0.1) is 19.1 Å². The third-order valence-corrected chi connectivity index (χ3v) is 5.48. The number of fused-ring (bicyclic) bond motifs is 1. The number of ether oxygens (including phenoxy) is 2. The second-order valence-corrected chi connectivity index (χ2v) is 8.33. The molecule has 0 bridgehead atoms. The molecule has 2 aromatic carbocycles. The van der Waals surface area contributed by atoms with Crippen LogP contribution in [-0.4, -0.2) is 40.3 Å². The molecule has 8 heteroatoms. The van der Waals surface area contributed by atoms with Gasteiger partial charge in [0.2, 0.25) is 10.0 Å². The summed E-state index contributed by atoms with van der Waals surface area (Å²) >= 11 is 0. The van der Waals surface area contributed by atoms with Gasteiger partial charge in [-0.15, -0.1) is 0 Å². The average Bonchev–Trinajstić information content (AvgIpc) is 2.81. The molecule has 1 aliphatic heterocycles. The fraction of sp³-hybridized carbons (Fsp3) is 0.316. The molecule has 0 spiro atoms. The average molecular weight is 390 g/mol. The molecule has 27 heavy (non-hydrogen) atoms. The lowest BCUT2D eigenvalue weighted by molar-refractivity contribution is -0.122. The Bertz CT molecular complexity index is 941. The highest BCUT2D eigenvalue weighted by atomic mass is 32.2. The minimum absolute atomic E-state index is 0.163. The van der Waals surface area contributed by atoms with Crippen molar-refractivity contribution in [1.82, 2.24) is 0 Å². The van der Waals surface area contributed by atoms with Crippen molar-refractivity contribution >= 4 is 27.3 Å².